The molecule has 106 valence electrons. The Morgan fingerprint density at radius 1 is 1.10 bits per heavy atom. The second kappa shape index (κ2) is 6.46. The summed E-state index contributed by atoms with van der Waals surface area (Å²) in [6.45, 7) is 4.06. The van der Waals surface area contributed by atoms with E-state index in [0.717, 1.165) is 30.6 Å². The standard InChI is InChI=1S/C18H19N3/c1-2-8-19-11-14-10-15(13-20-12-14)16-5-3-7-18-17(16)6-4-9-21-18/h3-7,9-10,12-13,19H,2,8,11H2,1H3. The summed E-state index contributed by atoms with van der Waals surface area (Å²) in [4.78, 5) is 8.80. The summed E-state index contributed by atoms with van der Waals surface area (Å²) in [6.07, 6.45) is 6.82. The van der Waals surface area contributed by atoms with E-state index in [1.807, 2.05) is 36.8 Å². The lowest BCUT2D eigenvalue weighted by Gasteiger charge is -2.08. The molecule has 0 fully saturated rings. The van der Waals surface area contributed by atoms with E-state index in [-0.39, 0.29) is 0 Å². The topological polar surface area (TPSA) is 37.8 Å². The highest BCUT2D eigenvalue weighted by atomic mass is 14.8. The third-order valence-corrected chi connectivity index (χ3v) is 3.51. The monoisotopic (exact) mass is 277 g/mol. The number of nitrogens with zero attached hydrogens (tertiary/aromatic N) is 2. The number of hydrogen-bond donors (Lipinski definition) is 1. The average Bonchev–Trinajstić information content (AvgIpc) is 2.55. The summed E-state index contributed by atoms with van der Waals surface area (Å²) in [5.74, 6) is 0. The van der Waals surface area contributed by atoms with Crippen molar-refractivity contribution in [2.24, 2.45) is 0 Å². The Hall–Kier alpha value is -2.26. The van der Waals surface area contributed by atoms with Crippen molar-refractivity contribution in [3.63, 3.8) is 0 Å². The number of aromatic nitrogens is 2. The summed E-state index contributed by atoms with van der Waals surface area (Å²) in [5.41, 5.74) is 4.56. The second-order valence-electron chi connectivity index (χ2n) is 5.13. The second-order valence-corrected chi connectivity index (χ2v) is 5.13. The van der Waals surface area contributed by atoms with Gasteiger partial charge < -0.3 is 5.32 Å². The summed E-state index contributed by atoms with van der Waals surface area (Å²) < 4.78 is 0. The minimum atomic E-state index is 0.859. The first-order chi connectivity index (χ1) is 10.4. The van der Waals surface area contributed by atoms with Gasteiger partial charge in [0, 0.05) is 36.1 Å². The maximum Gasteiger partial charge on any atom is 0.0708 e. The molecule has 0 aliphatic carbocycles. The van der Waals surface area contributed by atoms with E-state index in [1.165, 1.54) is 16.5 Å². The van der Waals surface area contributed by atoms with Crippen LogP contribution in [0.15, 0.2) is 55.0 Å². The van der Waals surface area contributed by atoms with Crippen molar-refractivity contribution in [2.75, 3.05) is 6.54 Å². The zero-order valence-corrected chi connectivity index (χ0v) is 12.2. The summed E-state index contributed by atoms with van der Waals surface area (Å²) in [5, 5.41) is 4.58. The molecule has 0 unspecified atom stereocenters. The highest BCUT2D eigenvalue weighted by Crippen LogP contribution is 2.27. The molecule has 1 aromatic carbocycles. The highest BCUT2D eigenvalue weighted by molar-refractivity contribution is 5.94. The van der Waals surface area contributed by atoms with Crippen LogP contribution in [-0.2, 0) is 6.54 Å². The van der Waals surface area contributed by atoms with E-state index in [2.05, 4.69) is 40.4 Å². The summed E-state index contributed by atoms with van der Waals surface area (Å²) in [7, 11) is 0. The molecule has 21 heavy (non-hydrogen) atoms. The van der Waals surface area contributed by atoms with E-state index in [1.54, 1.807) is 0 Å². The third-order valence-electron chi connectivity index (χ3n) is 3.51. The molecular formula is C18H19N3. The van der Waals surface area contributed by atoms with E-state index in [4.69, 9.17) is 0 Å². The SMILES string of the molecule is CCCNCc1cncc(-c2cccc3ncccc23)c1. The molecule has 0 radical (unpaired) electrons. The average molecular weight is 277 g/mol. The quantitative estimate of drug-likeness (QED) is 0.721. The molecule has 3 aromatic rings. The first-order valence-electron chi connectivity index (χ1n) is 7.37. The maximum absolute atomic E-state index is 4.42. The number of rotatable bonds is 5. The van der Waals surface area contributed by atoms with Gasteiger partial charge in [0.25, 0.3) is 0 Å². The first-order valence-corrected chi connectivity index (χ1v) is 7.37. The van der Waals surface area contributed by atoms with Gasteiger partial charge in [0.05, 0.1) is 5.52 Å². The van der Waals surface area contributed by atoms with Crippen LogP contribution in [0.3, 0.4) is 0 Å². The Morgan fingerprint density at radius 2 is 2.05 bits per heavy atom. The molecule has 0 spiro atoms. The molecule has 2 aromatic heterocycles. The predicted molar refractivity (Wildman–Crippen MR) is 87.0 cm³/mol. The first kappa shape index (κ1) is 13.7. The van der Waals surface area contributed by atoms with Gasteiger partial charge in [-0.05, 0) is 42.3 Å². The molecule has 0 aliphatic heterocycles. The number of hydrogen-bond acceptors (Lipinski definition) is 3. The number of benzene rings is 1. The molecule has 3 rings (SSSR count). The lowest BCUT2D eigenvalue weighted by molar-refractivity contribution is 0.674. The summed E-state index contributed by atoms with van der Waals surface area (Å²) in [6, 6.07) is 12.5. The van der Waals surface area contributed by atoms with Crippen LogP contribution < -0.4 is 5.32 Å². The van der Waals surface area contributed by atoms with E-state index < -0.39 is 0 Å². The minimum absolute atomic E-state index is 0.859. The number of nitrogens with one attached hydrogen (secondary N) is 1. The number of pyridine rings is 2. The zero-order chi connectivity index (χ0) is 14.5. The fourth-order valence-corrected chi connectivity index (χ4v) is 2.50. The van der Waals surface area contributed by atoms with Crippen LogP contribution >= 0.6 is 0 Å². The lowest BCUT2D eigenvalue weighted by Crippen LogP contribution is -2.13. The largest absolute Gasteiger partial charge is 0.313 e. The van der Waals surface area contributed by atoms with Gasteiger partial charge in [-0.1, -0.05) is 25.1 Å². The van der Waals surface area contributed by atoms with Gasteiger partial charge in [-0.2, -0.15) is 0 Å². The zero-order valence-electron chi connectivity index (χ0n) is 12.2. The van der Waals surface area contributed by atoms with Crippen LogP contribution in [0.4, 0.5) is 0 Å². The van der Waals surface area contributed by atoms with Crippen molar-refractivity contribution in [2.45, 2.75) is 19.9 Å². The Bertz CT molecular complexity index is 732. The van der Waals surface area contributed by atoms with Crippen LogP contribution in [0.1, 0.15) is 18.9 Å². The number of fused-ring (bicyclic) bond motifs is 1. The van der Waals surface area contributed by atoms with Gasteiger partial charge >= 0.3 is 0 Å². The van der Waals surface area contributed by atoms with Gasteiger partial charge in [0.2, 0.25) is 0 Å². The van der Waals surface area contributed by atoms with Crippen LogP contribution in [0.2, 0.25) is 0 Å². The minimum Gasteiger partial charge on any atom is -0.313 e. The van der Waals surface area contributed by atoms with Crippen molar-refractivity contribution in [1.29, 1.82) is 0 Å². The molecule has 0 saturated carbocycles. The van der Waals surface area contributed by atoms with Crippen LogP contribution in [0, 0.1) is 0 Å². The van der Waals surface area contributed by atoms with Crippen molar-refractivity contribution in [3.8, 4) is 11.1 Å². The van der Waals surface area contributed by atoms with Gasteiger partial charge in [0.15, 0.2) is 0 Å². The van der Waals surface area contributed by atoms with Gasteiger partial charge in [0.1, 0.15) is 0 Å². The Kier molecular flexibility index (Phi) is 4.22. The molecule has 3 nitrogen and oxygen atoms in total. The lowest BCUT2D eigenvalue weighted by atomic mass is 10.0. The molecule has 3 heteroatoms. The van der Waals surface area contributed by atoms with Crippen LogP contribution in [0.5, 0.6) is 0 Å². The fraction of sp³-hybridized carbons (Fsp3) is 0.222. The fourth-order valence-electron chi connectivity index (χ4n) is 2.50. The Balaban J connectivity index is 1.97. The molecule has 0 amide bonds. The van der Waals surface area contributed by atoms with E-state index >= 15 is 0 Å². The van der Waals surface area contributed by atoms with E-state index in [9.17, 15) is 0 Å². The van der Waals surface area contributed by atoms with Crippen molar-refractivity contribution in [3.05, 3.63) is 60.6 Å². The molecule has 0 aliphatic rings. The molecule has 2 heterocycles. The molecule has 0 atom stereocenters. The van der Waals surface area contributed by atoms with Crippen LogP contribution in [-0.4, -0.2) is 16.5 Å². The van der Waals surface area contributed by atoms with Gasteiger partial charge in [-0.3, -0.25) is 9.97 Å². The van der Waals surface area contributed by atoms with Crippen molar-refractivity contribution >= 4 is 10.9 Å². The molecular weight excluding hydrogens is 258 g/mol. The third kappa shape index (κ3) is 3.09. The summed E-state index contributed by atoms with van der Waals surface area (Å²) >= 11 is 0. The maximum atomic E-state index is 4.42. The van der Waals surface area contributed by atoms with E-state index in [0.29, 0.717) is 0 Å². The van der Waals surface area contributed by atoms with Crippen molar-refractivity contribution in [1.82, 2.24) is 15.3 Å². The Labute approximate surface area is 125 Å². The molecule has 0 bridgehead atoms. The van der Waals surface area contributed by atoms with Crippen LogP contribution in [0.25, 0.3) is 22.0 Å². The smallest absolute Gasteiger partial charge is 0.0708 e. The van der Waals surface area contributed by atoms with Crippen molar-refractivity contribution < 1.29 is 0 Å². The molecule has 0 saturated heterocycles. The normalized spacial score (nSPS) is 10.9. The Morgan fingerprint density at radius 3 is 2.95 bits per heavy atom. The predicted octanol–water partition coefficient (Wildman–Crippen LogP) is 3.80. The molecule has 1 N–H and O–H groups in total. The van der Waals surface area contributed by atoms with Gasteiger partial charge in [-0.15, -0.1) is 0 Å². The van der Waals surface area contributed by atoms with Gasteiger partial charge in [-0.25, -0.2) is 0 Å². The highest BCUT2D eigenvalue weighted by Gasteiger charge is 2.05.